The van der Waals surface area contributed by atoms with Crippen molar-refractivity contribution in [3.8, 4) is 5.82 Å². The first-order valence-electron chi connectivity index (χ1n) is 10.2. The van der Waals surface area contributed by atoms with Gasteiger partial charge in [-0.25, -0.2) is 4.98 Å². The van der Waals surface area contributed by atoms with E-state index in [1.165, 1.54) is 0 Å². The number of imidazole rings is 1. The summed E-state index contributed by atoms with van der Waals surface area (Å²) < 4.78 is 1.76. The second kappa shape index (κ2) is 10.8. The molecule has 0 unspecified atom stereocenters. The summed E-state index contributed by atoms with van der Waals surface area (Å²) in [6, 6.07) is 16.7. The van der Waals surface area contributed by atoms with E-state index in [0.717, 1.165) is 11.1 Å². The second-order valence-electron chi connectivity index (χ2n) is 7.15. The number of nitrogens with zero attached hydrogens (tertiary/aromatic N) is 4. The molecule has 10 heteroatoms. The maximum atomic E-state index is 12.3. The zero-order valence-electron chi connectivity index (χ0n) is 17.5. The molecule has 168 valence electrons. The van der Waals surface area contributed by atoms with Crippen molar-refractivity contribution in [3.63, 3.8) is 0 Å². The highest BCUT2D eigenvalue weighted by Crippen LogP contribution is 2.16. The van der Waals surface area contributed by atoms with E-state index < -0.39 is 0 Å². The van der Waals surface area contributed by atoms with Gasteiger partial charge in [-0.2, -0.15) is 9.97 Å². The number of anilines is 2. The molecule has 0 aliphatic carbocycles. The van der Waals surface area contributed by atoms with Crippen molar-refractivity contribution in [1.82, 2.24) is 24.8 Å². The molecule has 2 aromatic heterocycles. The molecular weight excluding hydrogens is 461 g/mol. The van der Waals surface area contributed by atoms with Gasteiger partial charge in [-0.05, 0) is 35.4 Å². The van der Waals surface area contributed by atoms with Gasteiger partial charge in [0.1, 0.15) is 18.0 Å². The standard InChI is InChI=1S/C23H21Cl2N7O/c24-18-6-4-16(5-7-18)12-28-22(33)14-29-23-30-20(11-21(31-23)32-9-8-26-15-32)27-13-17-2-1-3-19(25)10-17/h1-11,15H,12-14H2,(H,28,33)(H2,27,29,30,31). The molecule has 33 heavy (non-hydrogen) atoms. The average molecular weight is 482 g/mol. The van der Waals surface area contributed by atoms with Crippen LogP contribution in [-0.4, -0.2) is 32.0 Å². The summed E-state index contributed by atoms with van der Waals surface area (Å²) in [7, 11) is 0. The van der Waals surface area contributed by atoms with Crippen LogP contribution in [0.25, 0.3) is 5.82 Å². The van der Waals surface area contributed by atoms with Gasteiger partial charge in [0.15, 0.2) is 0 Å². The predicted octanol–water partition coefficient (Wildman–Crippen LogP) is 4.31. The minimum absolute atomic E-state index is 0.0225. The minimum atomic E-state index is -0.185. The molecule has 0 saturated heterocycles. The van der Waals surface area contributed by atoms with Crippen molar-refractivity contribution in [3.05, 3.63) is 94.5 Å². The largest absolute Gasteiger partial charge is 0.366 e. The van der Waals surface area contributed by atoms with E-state index in [1.807, 2.05) is 36.4 Å². The van der Waals surface area contributed by atoms with Gasteiger partial charge in [0.05, 0.1) is 6.54 Å². The summed E-state index contributed by atoms with van der Waals surface area (Å²) >= 11 is 12.0. The molecule has 0 spiro atoms. The highest BCUT2D eigenvalue weighted by atomic mass is 35.5. The number of halogens is 2. The lowest BCUT2D eigenvalue weighted by Gasteiger charge is -2.12. The highest BCUT2D eigenvalue weighted by molar-refractivity contribution is 6.30. The lowest BCUT2D eigenvalue weighted by Crippen LogP contribution is -2.30. The van der Waals surface area contributed by atoms with E-state index >= 15 is 0 Å². The molecule has 1 amide bonds. The van der Waals surface area contributed by atoms with Gasteiger partial charge in [0.2, 0.25) is 11.9 Å². The fraction of sp³-hybridized carbons (Fsp3) is 0.130. The molecule has 3 N–H and O–H groups in total. The normalized spacial score (nSPS) is 10.6. The van der Waals surface area contributed by atoms with E-state index in [4.69, 9.17) is 23.2 Å². The van der Waals surface area contributed by atoms with Gasteiger partial charge in [-0.1, -0.05) is 47.5 Å². The molecular formula is C23H21Cl2N7O. The second-order valence-corrected chi connectivity index (χ2v) is 8.02. The molecule has 2 heterocycles. The van der Waals surface area contributed by atoms with Gasteiger partial charge in [-0.3, -0.25) is 9.36 Å². The van der Waals surface area contributed by atoms with E-state index in [-0.39, 0.29) is 12.5 Å². The molecule has 4 rings (SSSR count). The number of amides is 1. The lowest BCUT2D eigenvalue weighted by molar-refractivity contribution is -0.119. The van der Waals surface area contributed by atoms with Gasteiger partial charge < -0.3 is 16.0 Å². The predicted molar refractivity (Wildman–Crippen MR) is 130 cm³/mol. The maximum absolute atomic E-state index is 12.3. The van der Waals surface area contributed by atoms with Crippen molar-refractivity contribution in [2.24, 2.45) is 0 Å². The number of benzene rings is 2. The van der Waals surface area contributed by atoms with Gasteiger partial charge in [-0.15, -0.1) is 0 Å². The smallest absolute Gasteiger partial charge is 0.239 e. The summed E-state index contributed by atoms with van der Waals surface area (Å²) in [4.78, 5) is 25.3. The molecule has 0 fully saturated rings. The Morgan fingerprint density at radius 3 is 2.52 bits per heavy atom. The first-order valence-corrected chi connectivity index (χ1v) is 10.9. The van der Waals surface area contributed by atoms with Crippen LogP contribution in [0.4, 0.5) is 11.8 Å². The van der Waals surface area contributed by atoms with Gasteiger partial charge in [0.25, 0.3) is 0 Å². The summed E-state index contributed by atoms with van der Waals surface area (Å²) in [6.45, 7) is 0.955. The Balaban J connectivity index is 1.41. The van der Waals surface area contributed by atoms with Crippen molar-refractivity contribution in [2.75, 3.05) is 17.2 Å². The molecule has 2 aromatic carbocycles. The number of carbonyl (C=O) groups excluding carboxylic acids is 1. The Labute approximate surface area is 201 Å². The van der Waals surface area contributed by atoms with Crippen LogP contribution in [0.1, 0.15) is 11.1 Å². The molecule has 0 radical (unpaired) electrons. The first-order chi connectivity index (χ1) is 16.0. The summed E-state index contributed by atoms with van der Waals surface area (Å²) in [6.07, 6.45) is 5.09. The van der Waals surface area contributed by atoms with E-state index in [1.54, 1.807) is 41.5 Å². The Morgan fingerprint density at radius 2 is 1.76 bits per heavy atom. The van der Waals surface area contributed by atoms with E-state index in [9.17, 15) is 4.79 Å². The third-order valence-electron chi connectivity index (χ3n) is 4.65. The first kappa shape index (κ1) is 22.6. The van der Waals surface area contributed by atoms with Crippen molar-refractivity contribution in [1.29, 1.82) is 0 Å². The van der Waals surface area contributed by atoms with E-state index in [0.29, 0.717) is 40.7 Å². The van der Waals surface area contributed by atoms with Gasteiger partial charge >= 0.3 is 0 Å². The van der Waals surface area contributed by atoms with Crippen LogP contribution in [0.2, 0.25) is 10.0 Å². The van der Waals surface area contributed by atoms with Crippen molar-refractivity contribution >= 4 is 40.9 Å². The summed E-state index contributed by atoms with van der Waals surface area (Å²) in [5, 5.41) is 10.4. The zero-order chi connectivity index (χ0) is 23.0. The van der Waals surface area contributed by atoms with Crippen LogP contribution in [0.3, 0.4) is 0 Å². The van der Waals surface area contributed by atoms with Gasteiger partial charge in [0, 0.05) is 41.6 Å². The molecule has 0 aliphatic heterocycles. The summed E-state index contributed by atoms with van der Waals surface area (Å²) in [5.41, 5.74) is 1.97. The number of carbonyl (C=O) groups is 1. The number of nitrogens with one attached hydrogen (secondary N) is 3. The van der Waals surface area contributed by atoms with Crippen molar-refractivity contribution in [2.45, 2.75) is 13.1 Å². The van der Waals surface area contributed by atoms with E-state index in [2.05, 4.69) is 30.9 Å². The Kier molecular flexibility index (Phi) is 7.39. The van der Waals surface area contributed by atoms with Crippen LogP contribution >= 0.6 is 23.2 Å². The summed E-state index contributed by atoms with van der Waals surface area (Å²) in [5.74, 6) is 1.34. The van der Waals surface area contributed by atoms with Crippen molar-refractivity contribution < 1.29 is 4.79 Å². The molecule has 0 aliphatic rings. The lowest BCUT2D eigenvalue weighted by atomic mass is 10.2. The molecule has 4 aromatic rings. The zero-order valence-corrected chi connectivity index (χ0v) is 19.0. The Morgan fingerprint density at radius 1 is 0.909 bits per heavy atom. The molecule has 0 atom stereocenters. The molecule has 0 bridgehead atoms. The third kappa shape index (κ3) is 6.68. The van der Waals surface area contributed by atoms with Crippen LogP contribution in [-0.2, 0) is 17.9 Å². The number of rotatable bonds is 9. The van der Waals surface area contributed by atoms with Crippen LogP contribution in [0.15, 0.2) is 73.3 Å². The highest BCUT2D eigenvalue weighted by Gasteiger charge is 2.09. The fourth-order valence-corrected chi connectivity index (χ4v) is 3.33. The average Bonchev–Trinajstić information content (AvgIpc) is 3.36. The SMILES string of the molecule is O=C(CNc1nc(NCc2cccc(Cl)c2)cc(-n2ccnc2)n1)NCc1ccc(Cl)cc1. The maximum Gasteiger partial charge on any atom is 0.239 e. The Bertz CT molecular complexity index is 1210. The fourth-order valence-electron chi connectivity index (χ4n) is 3.00. The number of hydrogen-bond donors (Lipinski definition) is 3. The van der Waals surface area contributed by atoms with Crippen LogP contribution in [0.5, 0.6) is 0 Å². The monoisotopic (exact) mass is 481 g/mol. The van der Waals surface area contributed by atoms with Crippen LogP contribution in [0, 0.1) is 0 Å². The molecule has 0 saturated carbocycles. The Hall–Kier alpha value is -3.62. The third-order valence-corrected chi connectivity index (χ3v) is 5.14. The number of hydrogen-bond acceptors (Lipinski definition) is 6. The molecule has 8 nitrogen and oxygen atoms in total. The quantitative estimate of drug-likeness (QED) is 0.329. The number of aromatic nitrogens is 4. The minimum Gasteiger partial charge on any atom is -0.366 e. The van der Waals surface area contributed by atoms with Crippen LogP contribution < -0.4 is 16.0 Å². The topological polar surface area (TPSA) is 96.8 Å².